The summed E-state index contributed by atoms with van der Waals surface area (Å²) in [6, 6.07) is 7.00. The number of sulfonamides is 1. The van der Waals surface area contributed by atoms with Gasteiger partial charge in [-0.15, -0.1) is 0 Å². The molecule has 0 saturated heterocycles. The van der Waals surface area contributed by atoms with Crippen LogP contribution in [0.5, 0.6) is 0 Å². The van der Waals surface area contributed by atoms with Crippen LogP contribution in [0, 0.1) is 0 Å². The lowest BCUT2D eigenvalue weighted by Crippen LogP contribution is -2.43. The maximum Gasteiger partial charge on any atom is 0.241 e. The van der Waals surface area contributed by atoms with Crippen molar-refractivity contribution < 1.29 is 13.5 Å². The summed E-state index contributed by atoms with van der Waals surface area (Å²) in [5.74, 6) is 0.422. The molecule has 0 spiro atoms. The number of hydrogen-bond donors (Lipinski definition) is 2. The van der Waals surface area contributed by atoms with E-state index in [-0.39, 0.29) is 11.5 Å². The standard InChI is InChI=1S/C15H25NO3S/c1-5-12(2)13-6-8-14(9-7-13)20(18,19)16-15(3,4)10-11-17/h6-9,12,16-17H,5,10-11H2,1-4H3. The highest BCUT2D eigenvalue weighted by molar-refractivity contribution is 7.89. The van der Waals surface area contributed by atoms with Gasteiger partial charge in [0, 0.05) is 12.1 Å². The van der Waals surface area contributed by atoms with Crippen molar-refractivity contribution >= 4 is 10.0 Å². The first-order valence-electron chi connectivity index (χ1n) is 6.96. The van der Waals surface area contributed by atoms with E-state index in [0.29, 0.717) is 12.3 Å². The number of hydrogen-bond acceptors (Lipinski definition) is 3. The van der Waals surface area contributed by atoms with Crippen LogP contribution in [0.4, 0.5) is 0 Å². The van der Waals surface area contributed by atoms with Crippen molar-refractivity contribution in [1.82, 2.24) is 4.72 Å². The van der Waals surface area contributed by atoms with Gasteiger partial charge >= 0.3 is 0 Å². The van der Waals surface area contributed by atoms with Crippen LogP contribution in [0.2, 0.25) is 0 Å². The molecule has 0 radical (unpaired) electrons. The van der Waals surface area contributed by atoms with Crippen LogP contribution in [0.1, 0.15) is 52.0 Å². The maximum atomic E-state index is 12.3. The number of aliphatic hydroxyl groups excluding tert-OH is 1. The molecule has 1 aromatic carbocycles. The van der Waals surface area contributed by atoms with Crippen molar-refractivity contribution in [3.05, 3.63) is 29.8 Å². The molecule has 5 heteroatoms. The number of aliphatic hydroxyl groups is 1. The third-order valence-corrected chi connectivity index (χ3v) is 5.23. The SMILES string of the molecule is CCC(C)c1ccc(S(=O)(=O)NC(C)(C)CCO)cc1. The van der Waals surface area contributed by atoms with Crippen LogP contribution < -0.4 is 4.72 Å². The van der Waals surface area contributed by atoms with Crippen LogP contribution in [0.25, 0.3) is 0 Å². The third-order valence-electron chi connectivity index (χ3n) is 3.52. The zero-order valence-corrected chi connectivity index (χ0v) is 13.5. The molecule has 0 heterocycles. The maximum absolute atomic E-state index is 12.3. The Morgan fingerprint density at radius 2 is 1.80 bits per heavy atom. The minimum absolute atomic E-state index is 0.0531. The zero-order chi connectivity index (χ0) is 15.4. The van der Waals surface area contributed by atoms with Crippen LogP contribution in [-0.2, 0) is 10.0 Å². The summed E-state index contributed by atoms with van der Waals surface area (Å²) in [4.78, 5) is 0.260. The van der Waals surface area contributed by atoms with Crippen LogP contribution in [0.3, 0.4) is 0 Å². The second kappa shape index (κ2) is 6.70. The molecule has 0 aliphatic carbocycles. The first-order valence-corrected chi connectivity index (χ1v) is 8.45. The molecule has 0 bridgehead atoms. The minimum Gasteiger partial charge on any atom is -0.396 e. The normalized spacial score (nSPS) is 14.2. The Bertz CT molecular complexity index is 521. The van der Waals surface area contributed by atoms with Crippen LogP contribution >= 0.6 is 0 Å². The number of benzene rings is 1. The molecular formula is C15H25NO3S. The molecule has 0 aromatic heterocycles. The third kappa shape index (κ3) is 4.58. The van der Waals surface area contributed by atoms with Crippen molar-refractivity contribution in [2.24, 2.45) is 0 Å². The van der Waals surface area contributed by atoms with Crippen molar-refractivity contribution in [1.29, 1.82) is 0 Å². The number of nitrogens with one attached hydrogen (secondary N) is 1. The van der Waals surface area contributed by atoms with E-state index in [2.05, 4.69) is 18.6 Å². The van der Waals surface area contributed by atoms with E-state index in [0.717, 1.165) is 12.0 Å². The van der Waals surface area contributed by atoms with Gasteiger partial charge in [-0.3, -0.25) is 0 Å². The zero-order valence-electron chi connectivity index (χ0n) is 12.7. The summed E-state index contributed by atoms with van der Waals surface area (Å²) >= 11 is 0. The molecule has 0 aliphatic heterocycles. The van der Waals surface area contributed by atoms with Crippen molar-refractivity contribution in [3.8, 4) is 0 Å². The molecule has 0 fully saturated rings. The fourth-order valence-corrected chi connectivity index (χ4v) is 3.41. The average molecular weight is 299 g/mol. The van der Waals surface area contributed by atoms with Crippen LogP contribution in [-0.4, -0.2) is 25.7 Å². The first kappa shape index (κ1) is 17.1. The molecule has 1 unspecified atom stereocenters. The Kier molecular flexibility index (Phi) is 5.74. The van der Waals surface area contributed by atoms with Gasteiger partial charge in [0.15, 0.2) is 0 Å². The van der Waals surface area contributed by atoms with Gasteiger partial charge in [0.2, 0.25) is 10.0 Å². The molecule has 2 N–H and O–H groups in total. The van der Waals surface area contributed by atoms with Gasteiger partial charge in [0.05, 0.1) is 4.90 Å². The molecular weight excluding hydrogens is 274 g/mol. The Morgan fingerprint density at radius 1 is 1.25 bits per heavy atom. The summed E-state index contributed by atoms with van der Waals surface area (Å²) in [7, 11) is -3.55. The summed E-state index contributed by atoms with van der Waals surface area (Å²) < 4.78 is 27.2. The van der Waals surface area contributed by atoms with Gasteiger partial charge < -0.3 is 5.11 Å². The van der Waals surface area contributed by atoms with Gasteiger partial charge in [-0.1, -0.05) is 26.0 Å². The van der Waals surface area contributed by atoms with Gasteiger partial charge in [0.25, 0.3) is 0 Å². The highest BCUT2D eigenvalue weighted by Crippen LogP contribution is 2.21. The van der Waals surface area contributed by atoms with Gasteiger partial charge in [-0.2, -0.15) is 0 Å². The lowest BCUT2D eigenvalue weighted by molar-refractivity contribution is 0.246. The van der Waals surface area contributed by atoms with Gasteiger partial charge in [-0.05, 0) is 50.3 Å². The molecule has 20 heavy (non-hydrogen) atoms. The summed E-state index contributed by atoms with van der Waals surface area (Å²) in [5.41, 5.74) is 0.476. The lowest BCUT2D eigenvalue weighted by atomic mass is 9.99. The minimum atomic E-state index is -3.55. The second-order valence-corrected chi connectivity index (χ2v) is 7.52. The Balaban J connectivity index is 2.93. The predicted octanol–water partition coefficient (Wildman–Crippen LogP) is 2.64. The molecule has 1 atom stereocenters. The van der Waals surface area contributed by atoms with Gasteiger partial charge in [-0.25, -0.2) is 13.1 Å². The van der Waals surface area contributed by atoms with E-state index >= 15 is 0 Å². The molecule has 0 aliphatic rings. The van der Waals surface area contributed by atoms with Crippen molar-refractivity contribution in [2.75, 3.05) is 6.61 Å². The highest BCUT2D eigenvalue weighted by Gasteiger charge is 2.25. The van der Waals surface area contributed by atoms with Crippen LogP contribution in [0.15, 0.2) is 29.2 Å². The number of rotatable bonds is 7. The lowest BCUT2D eigenvalue weighted by Gasteiger charge is -2.25. The predicted molar refractivity (Wildman–Crippen MR) is 81.3 cm³/mol. The fourth-order valence-electron chi connectivity index (χ4n) is 1.96. The largest absolute Gasteiger partial charge is 0.396 e. The second-order valence-electron chi connectivity index (χ2n) is 5.84. The van der Waals surface area contributed by atoms with Gasteiger partial charge in [0.1, 0.15) is 0 Å². The Labute approximate surface area is 122 Å². The Hall–Kier alpha value is -0.910. The summed E-state index contributed by atoms with van der Waals surface area (Å²) in [5, 5.41) is 8.96. The van der Waals surface area contributed by atoms with E-state index in [1.165, 1.54) is 0 Å². The molecule has 1 aromatic rings. The van der Waals surface area contributed by atoms with E-state index in [4.69, 9.17) is 5.11 Å². The summed E-state index contributed by atoms with van der Waals surface area (Å²) in [6.07, 6.45) is 1.39. The van der Waals surface area contributed by atoms with Crippen molar-refractivity contribution in [3.63, 3.8) is 0 Å². The van der Waals surface area contributed by atoms with Crippen molar-refractivity contribution in [2.45, 2.75) is 56.9 Å². The fraction of sp³-hybridized carbons (Fsp3) is 0.600. The van der Waals surface area contributed by atoms with E-state index < -0.39 is 15.6 Å². The van der Waals surface area contributed by atoms with E-state index in [1.54, 1.807) is 26.0 Å². The molecule has 0 amide bonds. The first-order chi connectivity index (χ1) is 9.22. The summed E-state index contributed by atoms with van der Waals surface area (Å²) in [6.45, 7) is 7.69. The van der Waals surface area contributed by atoms with E-state index in [9.17, 15) is 8.42 Å². The highest BCUT2D eigenvalue weighted by atomic mass is 32.2. The Morgan fingerprint density at radius 3 is 2.25 bits per heavy atom. The molecule has 0 saturated carbocycles. The molecule has 1 rings (SSSR count). The smallest absolute Gasteiger partial charge is 0.241 e. The van der Waals surface area contributed by atoms with E-state index in [1.807, 2.05) is 12.1 Å². The topological polar surface area (TPSA) is 66.4 Å². The molecule has 4 nitrogen and oxygen atoms in total. The average Bonchev–Trinajstić information content (AvgIpc) is 2.36. The molecule has 114 valence electrons. The monoisotopic (exact) mass is 299 g/mol. The quantitative estimate of drug-likeness (QED) is 0.813.